The number of carbonyl (C=O) groups is 1. The Balaban J connectivity index is 1.41. The topological polar surface area (TPSA) is 307 Å². The fraction of sp³-hybridized carbons (Fsp3) is 0.855. The fourth-order valence-electron chi connectivity index (χ4n) is 12.7. The van der Waals surface area contributed by atoms with Crippen molar-refractivity contribution in [3.05, 3.63) is 60.8 Å². The number of carbonyl (C=O) groups excluding carboxylic acids is 1. The molecule has 3 aliphatic heterocycles. The number of ether oxygens (including phenoxy) is 6. The molecule has 3 saturated heterocycles. The van der Waals surface area contributed by atoms with E-state index in [2.05, 4.69) is 67.8 Å². The molecule has 0 aromatic carbocycles. The number of rotatable bonds is 59. The average molecular weight is 1350 g/mol. The third kappa shape index (κ3) is 38.2. The monoisotopic (exact) mass is 1350 g/mol. The van der Waals surface area contributed by atoms with Crippen LogP contribution in [0, 0.1) is 0 Å². The summed E-state index contributed by atoms with van der Waals surface area (Å²) in [4.78, 5) is 13.4. The molecule has 0 aromatic rings. The van der Waals surface area contributed by atoms with Gasteiger partial charge in [-0.3, -0.25) is 4.79 Å². The first kappa shape index (κ1) is 86.7. The zero-order valence-corrected chi connectivity index (χ0v) is 58.9. The van der Waals surface area contributed by atoms with E-state index in [1.54, 1.807) is 6.08 Å². The molecule has 19 nitrogen and oxygen atoms in total. The van der Waals surface area contributed by atoms with Crippen LogP contribution in [-0.4, -0.2) is 193 Å². The van der Waals surface area contributed by atoms with Crippen LogP contribution < -0.4 is 5.32 Å². The normalized spacial score (nSPS) is 27.5. The van der Waals surface area contributed by atoms with Gasteiger partial charge in [-0.05, 0) is 57.8 Å². The van der Waals surface area contributed by atoms with Crippen LogP contribution in [0.1, 0.15) is 284 Å². The third-order valence-corrected chi connectivity index (χ3v) is 18.8. The summed E-state index contributed by atoms with van der Waals surface area (Å²) in [6.07, 6.45) is 44.8. The van der Waals surface area contributed by atoms with Gasteiger partial charge in [0.25, 0.3) is 0 Å². The molecule has 0 bridgehead atoms. The van der Waals surface area contributed by atoms with Gasteiger partial charge in [0.2, 0.25) is 5.91 Å². The highest BCUT2D eigenvalue weighted by atomic mass is 16.8. The highest BCUT2D eigenvalue weighted by Crippen LogP contribution is 2.33. The molecule has 1 amide bonds. The van der Waals surface area contributed by atoms with E-state index in [4.69, 9.17) is 28.4 Å². The summed E-state index contributed by atoms with van der Waals surface area (Å²) in [5.41, 5.74) is 0. The number of unbranched alkanes of at least 4 members (excludes halogenated alkanes) is 35. The van der Waals surface area contributed by atoms with Crippen molar-refractivity contribution in [2.45, 2.75) is 388 Å². The van der Waals surface area contributed by atoms with Crippen LogP contribution in [0.2, 0.25) is 0 Å². The lowest BCUT2D eigenvalue weighted by molar-refractivity contribution is -0.379. The second-order valence-electron chi connectivity index (χ2n) is 27.1. The maximum Gasteiger partial charge on any atom is 0.220 e. The Morgan fingerprint density at radius 1 is 0.389 bits per heavy atom. The Hall–Kier alpha value is -2.51. The van der Waals surface area contributed by atoms with Gasteiger partial charge in [-0.25, -0.2) is 0 Å². The van der Waals surface area contributed by atoms with Gasteiger partial charge in [0, 0.05) is 6.42 Å². The van der Waals surface area contributed by atoms with E-state index in [1.165, 1.54) is 173 Å². The number of amides is 1. The van der Waals surface area contributed by atoms with Gasteiger partial charge in [0.15, 0.2) is 18.9 Å². The Morgan fingerprint density at radius 2 is 0.726 bits per heavy atom. The number of aliphatic hydroxyl groups is 11. The van der Waals surface area contributed by atoms with Crippen molar-refractivity contribution >= 4 is 5.91 Å². The number of allylic oxidation sites excluding steroid dienone is 9. The number of hydrogen-bond donors (Lipinski definition) is 12. The highest BCUT2D eigenvalue weighted by Gasteiger charge is 2.53. The SMILES string of the molecule is CC/C=C\C/C=C\C/C=C\C/C=C\CCCCCCCCCCCCC(=O)NC(COC1OC(CO)C(OC2OC(CO)C(OC3OC(CO)C(O)C(O)C3O)C(O)C2O)C(O)C1O)C(O)/C=C/CCCCCCCCCCCCCCCCCCCCCCCCCCC. The molecule has 0 spiro atoms. The zero-order valence-electron chi connectivity index (χ0n) is 58.9. The maximum absolute atomic E-state index is 13.4. The molecule has 0 aliphatic carbocycles. The molecule has 12 N–H and O–H groups in total. The van der Waals surface area contributed by atoms with Crippen LogP contribution >= 0.6 is 0 Å². The quantitative estimate of drug-likeness (QED) is 0.0199. The van der Waals surface area contributed by atoms with Crippen LogP contribution in [0.5, 0.6) is 0 Å². The molecule has 3 fully saturated rings. The predicted octanol–water partition coefficient (Wildman–Crippen LogP) is 11.5. The minimum absolute atomic E-state index is 0.236. The molecule has 95 heavy (non-hydrogen) atoms. The van der Waals surface area contributed by atoms with Crippen molar-refractivity contribution in [1.82, 2.24) is 5.32 Å². The molecule has 554 valence electrons. The molecular formula is C76H137NO18. The van der Waals surface area contributed by atoms with Crippen molar-refractivity contribution in [3.8, 4) is 0 Å². The van der Waals surface area contributed by atoms with Crippen molar-refractivity contribution in [2.75, 3.05) is 26.4 Å². The molecule has 19 heteroatoms. The van der Waals surface area contributed by atoms with Gasteiger partial charge in [-0.2, -0.15) is 0 Å². The number of hydrogen-bond acceptors (Lipinski definition) is 18. The zero-order chi connectivity index (χ0) is 68.9. The molecule has 17 unspecified atom stereocenters. The Morgan fingerprint density at radius 3 is 1.14 bits per heavy atom. The van der Waals surface area contributed by atoms with Crippen molar-refractivity contribution < 1.29 is 89.4 Å². The van der Waals surface area contributed by atoms with Gasteiger partial charge in [-0.1, -0.05) is 280 Å². The minimum Gasteiger partial charge on any atom is -0.394 e. The molecular weight excluding hydrogens is 1210 g/mol. The molecule has 0 aromatic heterocycles. The Bertz CT molecular complexity index is 1950. The summed E-state index contributed by atoms with van der Waals surface area (Å²) < 4.78 is 34.4. The number of aliphatic hydroxyl groups excluding tert-OH is 11. The summed E-state index contributed by atoms with van der Waals surface area (Å²) in [6.45, 7) is 1.65. The van der Waals surface area contributed by atoms with Gasteiger partial charge >= 0.3 is 0 Å². The summed E-state index contributed by atoms with van der Waals surface area (Å²) in [5.74, 6) is -0.279. The van der Waals surface area contributed by atoms with Crippen molar-refractivity contribution in [2.24, 2.45) is 0 Å². The molecule has 3 rings (SSSR count). The van der Waals surface area contributed by atoms with Crippen molar-refractivity contribution in [3.63, 3.8) is 0 Å². The number of nitrogens with one attached hydrogen (secondary N) is 1. The first-order valence-electron chi connectivity index (χ1n) is 38.0. The van der Waals surface area contributed by atoms with E-state index in [0.29, 0.717) is 6.42 Å². The molecule has 3 aliphatic rings. The fourth-order valence-corrected chi connectivity index (χ4v) is 12.7. The highest BCUT2D eigenvalue weighted by molar-refractivity contribution is 5.76. The second kappa shape index (κ2) is 57.2. The van der Waals surface area contributed by atoms with Crippen LogP contribution in [-0.2, 0) is 33.2 Å². The Labute approximate surface area is 573 Å². The summed E-state index contributed by atoms with van der Waals surface area (Å²) in [5, 5.41) is 121. The third-order valence-electron chi connectivity index (χ3n) is 18.8. The lowest BCUT2D eigenvalue weighted by atomic mass is 9.96. The maximum atomic E-state index is 13.4. The summed E-state index contributed by atoms with van der Waals surface area (Å²) >= 11 is 0. The van der Waals surface area contributed by atoms with E-state index in [9.17, 15) is 61.0 Å². The lowest BCUT2D eigenvalue weighted by Gasteiger charge is -2.48. The lowest BCUT2D eigenvalue weighted by Crippen LogP contribution is -2.66. The minimum atomic E-state index is -1.98. The Kier molecular flexibility index (Phi) is 52.2. The van der Waals surface area contributed by atoms with Crippen LogP contribution in [0.15, 0.2) is 60.8 Å². The average Bonchev–Trinajstić information content (AvgIpc) is 0.787. The predicted molar refractivity (Wildman–Crippen MR) is 374 cm³/mol. The molecule has 0 saturated carbocycles. The summed E-state index contributed by atoms with van der Waals surface area (Å²) in [7, 11) is 0. The van der Waals surface area contributed by atoms with Gasteiger partial charge in [0.1, 0.15) is 73.2 Å². The first-order chi connectivity index (χ1) is 46.3. The smallest absolute Gasteiger partial charge is 0.220 e. The second-order valence-corrected chi connectivity index (χ2v) is 27.1. The van der Waals surface area contributed by atoms with E-state index >= 15 is 0 Å². The van der Waals surface area contributed by atoms with E-state index < -0.39 is 124 Å². The van der Waals surface area contributed by atoms with E-state index in [-0.39, 0.29) is 18.9 Å². The van der Waals surface area contributed by atoms with E-state index in [1.807, 2.05) is 6.08 Å². The van der Waals surface area contributed by atoms with Gasteiger partial charge in [0.05, 0.1) is 38.6 Å². The van der Waals surface area contributed by atoms with Crippen LogP contribution in [0.3, 0.4) is 0 Å². The molecule has 17 atom stereocenters. The van der Waals surface area contributed by atoms with Gasteiger partial charge in [-0.15, -0.1) is 0 Å². The largest absolute Gasteiger partial charge is 0.394 e. The van der Waals surface area contributed by atoms with Crippen LogP contribution in [0.4, 0.5) is 0 Å². The molecule has 3 heterocycles. The standard InChI is InChI=1S/C76H137NO18/c1-3-5-7-9-11-13-15-17-19-21-23-25-27-28-29-30-32-33-35-37-39-41-43-45-47-49-51-53-60(81)59(77-64(82)54-52-50-48-46-44-42-40-38-36-34-31-26-24-22-20-18-16-14-12-10-8-6-4-2)58-90-74-70(88)67(85)72(62(56-79)92-74)95-76-71(89)68(86)73(63(57-80)93-76)94-75-69(87)66(84)65(83)61(55-78)91-75/h6,8,12,14,18,20,24,26,51,53,59-63,65-76,78-81,83-89H,3-5,7,9-11,13,15-17,19,21-23,25,27-50,52,54-58H2,1-2H3,(H,77,82)/b8-6-,14-12-,20-18-,26-24-,53-51+. The van der Waals surface area contributed by atoms with E-state index in [0.717, 1.165) is 83.5 Å². The first-order valence-corrected chi connectivity index (χ1v) is 38.0. The van der Waals surface area contributed by atoms with Crippen molar-refractivity contribution in [1.29, 1.82) is 0 Å². The molecule has 0 radical (unpaired) electrons. The summed E-state index contributed by atoms with van der Waals surface area (Å²) in [6, 6.07) is -0.980. The van der Waals surface area contributed by atoms with Crippen LogP contribution in [0.25, 0.3) is 0 Å². The van der Waals surface area contributed by atoms with Gasteiger partial charge < -0.3 is 89.9 Å².